The number of anilines is 1. The van der Waals surface area contributed by atoms with E-state index in [4.69, 9.17) is 15.2 Å². The number of nitrogens with zero attached hydrogens (tertiary/aromatic N) is 4. The third kappa shape index (κ3) is 5.61. The number of nitrogens with two attached hydrogens (primary N) is 1. The fourth-order valence-corrected chi connectivity index (χ4v) is 3.63. The van der Waals surface area contributed by atoms with Gasteiger partial charge in [-0.15, -0.1) is 35.3 Å². The number of hydrogen-bond donors (Lipinski definition) is 1. The van der Waals surface area contributed by atoms with E-state index in [1.165, 1.54) is 0 Å². The van der Waals surface area contributed by atoms with Crippen molar-refractivity contribution in [3.05, 3.63) is 35.3 Å². The summed E-state index contributed by atoms with van der Waals surface area (Å²) in [5.74, 6) is 2.09. The highest BCUT2D eigenvalue weighted by Crippen LogP contribution is 2.27. The van der Waals surface area contributed by atoms with Gasteiger partial charge in [0.1, 0.15) is 0 Å². The normalized spacial score (nSPS) is 14.7. The summed E-state index contributed by atoms with van der Waals surface area (Å²) in [4.78, 5) is 13.3. The van der Waals surface area contributed by atoms with Gasteiger partial charge >= 0.3 is 0 Å². The molecule has 1 aromatic heterocycles. The molecule has 0 saturated carbocycles. The molecule has 0 spiro atoms. The summed E-state index contributed by atoms with van der Waals surface area (Å²) in [6, 6.07) is 5.93. The van der Waals surface area contributed by atoms with E-state index < -0.39 is 0 Å². The molecule has 0 unspecified atom stereocenters. The number of guanidine groups is 1. The lowest BCUT2D eigenvalue weighted by molar-refractivity contribution is 0.354. The first-order chi connectivity index (χ1) is 12.7. The van der Waals surface area contributed by atoms with E-state index in [1.807, 2.05) is 29.8 Å². The van der Waals surface area contributed by atoms with E-state index in [9.17, 15) is 0 Å². The van der Waals surface area contributed by atoms with Crippen LogP contribution >= 0.6 is 35.3 Å². The highest BCUT2D eigenvalue weighted by atomic mass is 127. The van der Waals surface area contributed by atoms with Gasteiger partial charge in [-0.2, -0.15) is 0 Å². The van der Waals surface area contributed by atoms with Crippen LogP contribution in [-0.4, -0.2) is 62.8 Å². The second-order valence-electron chi connectivity index (χ2n) is 5.97. The number of rotatable bonds is 6. The molecule has 9 heteroatoms. The van der Waals surface area contributed by atoms with Crippen molar-refractivity contribution in [2.75, 3.05) is 51.8 Å². The molecule has 1 aromatic carbocycles. The van der Waals surface area contributed by atoms with Crippen LogP contribution in [0.25, 0.3) is 0 Å². The molecular weight excluding hydrogens is 477 g/mol. The molecule has 7 nitrogen and oxygen atoms in total. The highest BCUT2D eigenvalue weighted by molar-refractivity contribution is 14.0. The summed E-state index contributed by atoms with van der Waals surface area (Å²) < 4.78 is 10.6. The van der Waals surface area contributed by atoms with Crippen LogP contribution in [0, 0.1) is 0 Å². The van der Waals surface area contributed by atoms with Gasteiger partial charge in [0.15, 0.2) is 22.6 Å². The number of benzene rings is 1. The largest absolute Gasteiger partial charge is 0.493 e. The van der Waals surface area contributed by atoms with Crippen LogP contribution in [0.1, 0.15) is 5.56 Å². The van der Waals surface area contributed by atoms with Gasteiger partial charge in [0.2, 0.25) is 0 Å². The molecule has 0 atom stereocenters. The van der Waals surface area contributed by atoms with Crippen molar-refractivity contribution in [1.82, 2.24) is 9.88 Å². The van der Waals surface area contributed by atoms with Crippen LogP contribution in [0.3, 0.4) is 0 Å². The summed E-state index contributed by atoms with van der Waals surface area (Å²) in [7, 11) is 3.28. The van der Waals surface area contributed by atoms with Crippen LogP contribution in [0.2, 0.25) is 0 Å². The third-order valence-corrected chi connectivity index (χ3v) is 5.25. The summed E-state index contributed by atoms with van der Waals surface area (Å²) in [5.41, 5.74) is 7.32. The monoisotopic (exact) mass is 503 g/mol. The molecular formula is C18H26IN5O2S. The third-order valence-electron chi connectivity index (χ3n) is 4.42. The average molecular weight is 503 g/mol. The lowest BCUT2D eigenvalue weighted by Gasteiger charge is -2.35. The Morgan fingerprint density at radius 2 is 1.93 bits per heavy atom. The lowest BCUT2D eigenvalue weighted by atomic mass is 10.1. The zero-order valence-electron chi connectivity index (χ0n) is 15.6. The van der Waals surface area contributed by atoms with Crippen LogP contribution < -0.4 is 20.1 Å². The van der Waals surface area contributed by atoms with Crippen molar-refractivity contribution >= 4 is 46.4 Å². The second kappa shape index (κ2) is 10.5. The van der Waals surface area contributed by atoms with Crippen LogP contribution in [-0.2, 0) is 6.42 Å². The van der Waals surface area contributed by atoms with Crippen molar-refractivity contribution in [2.45, 2.75) is 6.42 Å². The number of piperazine rings is 1. The first-order valence-electron chi connectivity index (χ1n) is 8.61. The smallest absolute Gasteiger partial charge is 0.191 e. The Hall–Kier alpha value is -1.75. The Kier molecular flexibility index (Phi) is 8.42. The molecule has 0 amide bonds. The minimum atomic E-state index is 0. The minimum absolute atomic E-state index is 0. The van der Waals surface area contributed by atoms with E-state index in [1.54, 1.807) is 25.6 Å². The van der Waals surface area contributed by atoms with Gasteiger partial charge in [0.05, 0.1) is 14.2 Å². The summed E-state index contributed by atoms with van der Waals surface area (Å²) in [5, 5.41) is 3.08. The Balaban J connectivity index is 0.00000261. The Morgan fingerprint density at radius 1 is 1.19 bits per heavy atom. The van der Waals surface area contributed by atoms with Gasteiger partial charge in [-0.3, -0.25) is 4.99 Å². The molecule has 1 saturated heterocycles. The fraction of sp³-hybridized carbons (Fsp3) is 0.444. The number of hydrogen-bond acceptors (Lipinski definition) is 6. The summed E-state index contributed by atoms with van der Waals surface area (Å²) >= 11 is 1.67. The quantitative estimate of drug-likeness (QED) is 0.371. The van der Waals surface area contributed by atoms with E-state index >= 15 is 0 Å². The van der Waals surface area contributed by atoms with Crippen molar-refractivity contribution in [2.24, 2.45) is 10.7 Å². The Morgan fingerprint density at radius 3 is 2.56 bits per heavy atom. The van der Waals surface area contributed by atoms with Gasteiger partial charge in [0.25, 0.3) is 0 Å². The number of aliphatic imine (C=N–C) groups is 1. The second-order valence-corrected chi connectivity index (χ2v) is 6.84. The Labute approximate surface area is 181 Å². The van der Waals surface area contributed by atoms with E-state index in [-0.39, 0.29) is 24.0 Å². The molecule has 3 rings (SSSR count). The number of ether oxygens (including phenoxy) is 2. The van der Waals surface area contributed by atoms with Crippen LogP contribution in [0.15, 0.2) is 34.8 Å². The number of methoxy groups -OCH3 is 2. The van der Waals surface area contributed by atoms with Gasteiger partial charge < -0.3 is 25.0 Å². The highest BCUT2D eigenvalue weighted by Gasteiger charge is 2.19. The maximum atomic E-state index is 6.18. The van der Waals surface area contributed by atoms with Gasteiger partial charge in [-0.05, 0) is 24.1 Å². The molecule has 2 N–H and O–H groups in total. The van der Waals surface area contributed by atoms with Crippen LogP contribution in [0.4, 0.5) is 5.13 Å². The number of thiazole rings is 1. The minimum Gasteiger partial charge on any atom is -0.493 e. The topological polar surface area (TPSA) is 76.2 Å². The fourth-order valence-electron chi connectivity index (χ4n) is 2.93. The van der Waals surface area contributed by atoms with Crippen molar-refractivity contribution in [3.63, 3.8) is 0 Å². The maximum Gasteiger partial charge on any atom is 0.191 e. The maximum absolute atomic E-state index is 6.18. The number of halogens is 1. The molecule has 2 aromatic rings. The SMILES string of the molecule is COc1ccc(CCN=C(N)N2CCN(c3nccs3)CC2)cc1OC.I. The van der Waals surface area contributed by atoms with E-state index in [0.29, 0.717) is 12.5 Å². The summed E-state index contributed by atoms with van der Waals surface area (Å²) in [6.45, 7) is 4.21. The number of aromatic nitrogens is 1. The lowest BCUT2D eigenvalue weighted by Crippen LogP contribution is -2.51. The van der Waals surface area contributed by atoms with Crippen molar-refractivity contribution in [3.8, 4) is 11.5 Å². The van der Waals surface area contributed by atoms with E-state index in [2.05, 4.69) is 19.8 Å². The predicted octanol–water partition coefficient (Wildman–Crippen LogP) is 2.46. The molecule has 1 fully saturated rings. The molecule has 148 valence electrons. The molecule has 1 aliphatic heterocycles. The molecule has 0 bridgehead atoms. The standard InChI is InChI=1S/C18H25N5O2S.HI/c1-24-15-4-3-14(13-16(15)25-2)5-6-20-17(19)22-8-10-23(11-9-22)18-21-7-12-26-18;/h3-4,7,12-13H,5-6,8-11H2,1-2H3,(H2,19,20);1H. The molecule has 1 aliphatic rings. The van der Waals surface area contributed by atoms with Gasteiger partial charge in [0, 0.05) is 44.3 Å². The molecule has 0 radical (unpaired) electrons. The van der Waals surface area contributed by atoms with Crippen LogP contribution in [0.5, 0.6) is 11.5 Å². The summed E-state index contributed by atoms with van der Waals surface area (Å²) in [6.07, 6.45) is 2.65. The predicted molar refractivity (Wildman–Crippen MR) is 121 cm³/mol. The van der Waals surface area contributed by atoms with Crippen molar-refractivity contribution in [1.29, 1.82) is 0 Å². The van der Waals surface area contributed by atoms with Gasteiger partial charge in [-0.1, -0.05) is 6.07 Å². The van der Waals surface area contributed by atoms with Crippen molar-refractivity contribution < 1.29 is 9.47 Å². The van der Waals surface area contributed by atoms with Gasteiger partial charge in [-0.25, -0.2) is 4.98 Å². The van der Waals surface area contributed by atoms with E-state index in [0.717, 1.165) is 54.8 Å². The molecule has 2 heterocycles. The Bertz CT molecular complexity index is 733. The zero-order valence-corrected chi connectivity index (χ0v) is 18.8. The first kappa shape index (κ1) is 21.5. The zero-order chi connectivity index (χ0) is 18.4. The first-order valence-corrected chi connectivity index (χ1v) is 9.49. The molecule has 27 heavy (non-hydrogen) atoms. The molecule has 0 aliphatic carbocycles. The average Bonchev–Trinajstić information content (AvgIpc) is 3.22.